The van der Waals surface area contributed by atoms with Gasteiger partial charge < -0.3 is 10.1 Å². The third-order valence-corrected chi connectivity index (χ3v) is 3.09. The summed E-state index contributed by atoms with van der Waals surface area (Å²) in [5.41, 5.74) is 0.856. The summed E-state index contributed by atoms with van der Waals surface area (Å²) in [6.07, 6.45) is 1.93. The summed E-state index contributed by atoms with van der Waals surface area (Å²) < 4.78 is 5.19. The fourth-order valence-corrected chi connectivity index (χ4v) is 1.91. The molecule has 1 amide bonds. The van der Waals surface area contributed by atoms with Gasteiger partial charge in [-0.05, 0) is 18.9 Å². The highest BCUT2D eigenvalue weighted by Gasteiger charge is 2.23. The maximum Gasteiger partial charge on any atom is 0.329 e. The number of hydrogen-bond acceptors (Lipinski definition) is 4. The second-order valence-corrected chi connectivity index (χ2v) is 5.22. The molecule has 0 aromatic heterocycles. The first-order valence-electron chi connectivity index (χ1n) is 7.52. The second kappa shape index (κ2) is 9.71. The van der Waals surface area contributed by atoms with E-state index in [4.69, 9.17) is 4.74 Å². The average molecular weight is 305 g/mol. The number of benzene rings is 1. The Labute approximate surface area is 131 Å². The Morgan fingerprint density at radius 1 is 1.18 bits per heavy atom. The number of esters is 1. The monoisotopic (exact) mass is 305 g/mol. The number of ether oxygens (including phenoxy) is 1. The lowest BCUT2D eigenvalue weighted by Crippen LogP contribution is -2.42. The molecule has 1 aromatic carbocycles. The van der Waals surface area contributed by atoms with E-state index < -0.39 is 12.0 Å². The minimum Gasteiger partial charge on any atom is -0.459 e. The number of hydrogen-bond donors (Lipinski definition) is 1. The van der Waals surface area contributed by atoms with E-state index >= 15 is 0 Å². The molecule has 0 fully saturated rings. The summed E-state index contributed by atoms with van der Waals surface area (Å²) in [4.78, 5) is 35.1. The predicted molar refractivity (Wildman–Crippen MR) is 83.0 cm³/mol. The second-order valence-electron chi connectivity index (χ2n) is 5.22. The van der Waals surface area contributed by atoms with Crippen LogP contribution in [0.2, 0.25) is 0 Å². The summed E-state index contributed by atoms with van der Waals surface area (Å²) in [6.45, 7) is 3.49. The molecule has 0 radical (unpaired) electrons. The van der Waals surface area contributed by atoms with Crippen molar-refractivity contribution in [3.63, 3.8) is 0 Å². The van der Waals surface area contributed by atoms with Gasteiger partial charge in [0, 0.05) is 12.8 Å². The van der Waals surface area contributed by atoms with Crippen molar-refractivity contribution in [2.45, 2.75) is 52.2 Å². The number of Topliss-reactive ketones (excluding diaryl/α,β-unsaturated/α-hetero) is 1. The van der Waals surface area contributed by atoms with Gasteiger partial charge >= 0.3 is 5.97 Å². The van der Waals surface area contributed by atoms with E-state index in [9.17, 15) is 14.4 Å². The van der Waals surface area contributed by atoms with Gasteiger partial charge in [0.05, 0.1) is 0 Å². The van der Waals surface area contributed by atoms with Crippen LogP contribution in [0.3, 0.4) is 0 Å². The smallest absolute Gasteiger partial charge is 0.329 e. The number of carbonyl (C=O) groups excluding carboxylic acids is 3. The number of carbonyl (C=O) groups is 3. The standard InChI is InChI=1S/C17H23NO4/c1-3-4-10-16(20)18-15(11-13(2)19)17(21)22-12-14-8-6-5-7-9-14/h5-9,15H,3-4,10-12H2,1-2H3,(H,18,20). The van der Waals surface area contributed by atoms with E-state index in [-0.39, 0.29) is 24.7 Å². The Morgan fingerprint density at radius 3 is 2.45 bits per heavy atom. The Kier molecular flexibility index (Phi) is 7.89. The molecule has 0 bridgehead atoms. The van der Waals surface area contributed by atoms with E-state index in [1.807, 2.05) is 37.3 Å². The van der Waals surface area contributed by atoms with E-state index in [0.717, 1.165) is 18.4 Å². The van der Waals surface area contributed by atoms with Crippen molar-refractivity contribution >= 4 is 17.7 Å². The highest BCUT2D eigenvalue weighted by atomic mass is 16.5. The van der Waals surface area contributed by atoms with Gasteiger partial charge in [-0.1, -0.05) is 43.7 Å². The first kappa shape index (κ1) is 17.9. The quantitative estimate of drug-likeness (QED) is 0.711. The molecule has 0 saturated heterocycles. The van der Waals surface area contributed by atoms with E-state index in [1.165, 1.54) is 6.92 Å². The molecule has 1 aromatic rings. The molecule has 0 spiro atoms. The maximum absolute atomic E-state index is 12.1. The van der Waals surface area contributed by atoms with Crippen LogP contribution < -0.4 is 5.32 Å². The third-order valence-electron chi connectivity index (χ3n) is 3.09. The first-order valence-corrected chi connectivity index (χ1v) is 7.52. The van der Waals surface area contributed by atoms with E-state index in [0.29, 0.717) is 6.42 Å². The molecule has 120 valence electrons. The lowest BCUT2D eigenvalue weighted by Gasteiger charge is -2.16. The van der Waals surface area contributed by atoms with Crippen molar-refractivity contribution in [3.8, 4) is 0 Å². The molecule has 0 aliphatic rings. The van der Waals surface area contributed by atoms with Gasteiger partial charge in [-0.25, -0.2) is 4.79 Å². The van der Waals surface area contributed by atoms with Crippen LogP contribution in [0.4, 0.5) is 0 Å². The van der Waals surface area contributed by atoms with Crippen molar-refractivity contribution in [1.29, 1.82) is 0 Å². The molecule has 1 N–H and O–H groups in total. The average Bonchev–Trinajstić information content (AvgIpc) is 2.50. The summed E-state index contributed by atoms with van der Waals surface area (Å²) in [5, 5.41) is 2.58. The molecule has 5 nitrogen and oxygen atoms in total. The van der Waals surface area contributed by atoms with Crippen LogP contribution in [0.15, 0.2) is 30.3 Å². The van der Waals surface area contributed by atoms with Gasteiger partial charge in [-0.15, -0.1) is 0 Å². The molecule has 0 heterocycles. The zero-order valence-electron chi connectivity index (χ0n) is 13.1. The van der Waals surface area contributed by atoms with Gasteiger partial charge in [0.2, 0.25) is 5.91 Å². The lowest BCUT2D eigenvalue weighted by molar-refractivity contribution is -0.150. The summed E-state index contributed by atoms with van der Waals surface area (Å²) in [5.74, 6) is -0.980. The Hall–Kier alpha value is -2.17. The first-order chi connectivity index (χ1) is 10.5. The molecular weight excluding hydrogens is 282 g/mol. The van der Waals surface area contributed by atoms with Crippen molar-refractivity contribution in [2.24, 2.45) is 0 Å². The van der Waals surface area contributed by atoms with Crippen molar-refractivity contribution < 1.29 is 19.1 Å². The zero-order valence-corrected chi connectivity index (χ0v) is 13.1. The summed E-state index contributed by atoms with van der Waals surface area (Å²) >= 11 is 0. The number of rotatable bonds is 9. The molecule has 0 aliphatic carbocycles. The van der Waals surface area contributed by atoms with Gasteiger partial charge in [0.1, 0.15) is 18.4 Å². The molecule has 1 unspecified atom stereocenters. The molecule has 1 rings (SSSR count). The van der Waals surface area contributed by atoms with Crippen molar-refractivity contribution in [3.05, 3.63) is 35.9 Å². The zero-order chi connectivity index (χ0) is 16.4. The Bertz CT molecular complexity index is 499. The SMILES string of the molecule is CCCCC(=O)NC(CC(C)=O)C(=O)OCc1ccccc1. The minimum atomic E-state index is -0.912. The predicted octanol–water partition coefficient (Wildman–Crippen LogP) is 2.38. The van der Waals surface area contributed by atoms with Gasteiger partial charge in [0.25, 0.3) is 0 Å². The van der Waals surface area contributed by atoms with Gasteiger partial charge in [-0.3, -0.25) is 9.59 Å². The lowest BCUT2D eigenvalue weighted by atomic mass is 10.1. The minimum absolute atomic E-state index is 0.0501. The van der Waals surface area contributed by atoms with Crippen LogP contribution in [0.1, 0.15) is 45.1 Å². The molecule has 5 heteroatoms. The van der Waals surface area contributed by atoms with Crippen LogP contribution >= 0.6 is 0 Å². The largest absolute Gasteiger partial charge is 0.459 e. The molecule has 0 aliphatic heterocycles. The summed E-state index contributed by atoms with van der Waals surface area (Å²) in [7, 11) is 0. The molecule has 22 heavy (non-hydrogen) atoms. The number of nitrogens with one attached hydrogen (secondary N) is 1. The Balaban J connectivity index is 2.56. The Morgan fingerprint density at radius 2 is 1.86 bits per heavy atom. The highest BCUT2D eigenvalue weighted by molar-refractivity contribution is 5.89. The fraction of sp³-hybridized carbons (Fsp3) is 0.471. The van der Waals surface area contributed by atoms with Crippen LogP contribution in [0, 0.1) is 0 Å². The number of amides is 1. The van der Waals surface area contributed by atoms with E-state index in [1.54, 1.807) is 0 Å². The highest BCUT2D eigenvalue weighted by Crippen LogP contribution is 2.05. The van der Waals surface area contributed by atoms with Crippen molar-refractivity contribution in [2.75, 3.05) is 0 Å². The van der Waals surface area contributed by atoms with Crippen LogP contribution in [-0.2, 0) is 25.7 Å². The molecular formula is C17H23NO4. The summed E-state index contributed by atoms with van der Waals surface area (Å²) in [6, 6.07) is 8.34. The van der Waals surface area contributed by atoms with Crippen molar-refractivity contribution in [1.82, 2.24) is 5.32 Å². The topological polar surface area (TPSA) is 72.5 Å². The fourth-order valence-electron chi connectivity index (χ4n) is 1.91. The number of unbranched alkanes of at least 4 members (excludes halogenated alkanes) is 1. The van der Waals surface area contributed by atoms with Crippen LogP contribution in [-0.4, -0.2) is 23.7 Å². The molecule has 0 saturated carbocycles. The number of ketones is 1. The third kappa shape index (κ3) is 7.02. The van der Waals surface area contributed by atoms with Crippen LogP contribution in [0.25, 0.3) is 0 Å². The maximum atomic E-state index is 12.1. The van der Waals surface area contributed by atoms with Gasteiger partial charge in [0.15, 0.2) is 0 Å². The van der Waals surface area contributed by atoms with E-state index in [2.05, 4.69) is 5.32 Å². The molecule has 1 atom stereocenters. The van der Waals surface area contributed by atoms with Gasteiger partial charge in [-0.2, -0.15) is 0 Å². The normalized spacial score (nSPS) is 11.5. The van der Waals surface area contributed by atoms with Crippen LogP contribution in [0.5, 0.6) is 0 Å².